The van der Waals surface area contributed by atoms with Gasteiger partial charge in [-0.15, -0.1) is 0 Å². The summed E-state index contributed by atoms with van der Waals surface area (Å²) in [5, 5.41) is 3.90. The van der Waals surface area contributed by atoms with Crippen molar-refractivity contribution in [3.05, 3.63) is 0 Å². The van der Waals surface area contributed by atoms with Crippen LogP contribution in [0.3, 0.4) is 0 Å². The second kappa shape index (κ2) is 6.33. The molecule has 3 aliphatic rings. The third-order valence-electron chi connectivity index (χ3n) is 5.63. The molecule has 1 N–H and O–H groups in total. The van der Waals surface area contributed by atoms with Gasteiger partial charge in [0, 0.05) is 37.3 Å². The molecule has 1 aliphatic carbocycles. The SMILES string of the molecule is CC(C)C(CNC1CC(C)N(C2CC2)C1)N1CCCC1. The van der Waals surface area contributed by atoms with Crippen LogP contribution in [0.5, 0.6) is 0 Å². The van der Waals surface area contributed by atoms with Crippen molar-refractivity contribution in [2.24, 2.45) is 5.92 Å². The molecule has 0 radical (unpaired) electrons. The first-order valence-corrected chi connectivity index (χ1v) is 8.88. The molecule has 20 heavy (non-hydrogen) atoms. The molecule has 0 bridgehead atoms. The average molecular weight is 279 g/mol. The molecule has 1 saturated carbocycles. The van der Waals surface area contributed by atoms with E-state index in [1.165, 1.54) is 58.3 Å². The Morgan fingerprint density at radius 3 is 2.45 bits per heavy atom. The van der Waals surface area contributed by atoms with Gasteiger partial charge in [0.25, 0.3) is 0 Å². The predicted molar refractivity (Wildman–Crippen MR) is 85.0 cm³/mol. The van der Waals surface area contributed by atoms with Crippen molar-refractivity contribution in [2.45, 2.75) is 77.0 Å². The zero-order valence-electron chi connectivity index (χ0n) is 13.6. The summed E-state index contributed by atoms with van der Waals surface area (Å²) in [6.07, 6.45) is 7.04. The third kappa shape index (κ3) is 3.37. The average Bonchev–Trinajstić information content (AvgIpc) is 2.96. The molecule has 3 heteroatoms. The monoisotopic (exact) mass is 279 g/mol. The Labute approximate surface area is 125 Å². The summed E-state index contributed by atoms with van der Waals surface area (Å²) in [7, 11) is 0. The van der Waals surface area contributed by atoms with Crippen LogP contribution in [0.2, 0.25) is 0 Å². The minimum atomic E-state index is 0.731. The first kappa shape index (κ1) is 14.8. The maximum absolute atomic E-state index is 3.90. The van der Waals surface area contributed by atoms with Crippen molar-refractivity contribution in [2.75, 3.05) is 26.2 Å². The van der Waals surface area contributed by atoms with Crippen LogP contribution in [-0.4, -0.2) is 60.1 Å². The lowest BCUT2D eigenvalue weighted by atomic mass is 10.0. The van der Waals surface area contributed by atoms with Crippen molar-refractivity contribution in [1.82, 2.24) is 15.1 Å². The van der Waals surface area contributed by atoms with E-state index in [1.807, 2.05) is 0 Å². The van der Waals surface area contributed by atoms with Crippen molar-refractivity contribution < 1.29 is 0 Å². The van der Waals surface area contributed by atoms with E-state index in [1.54, 1.807) is 0 Å². The Bertz CT molecular complexity index is 307. The molecule has 3 atom stereocenters. The summed E-state index contributed by atoms with van der Waals surface area (Å²) in [5.41, 5.74) is 0. The highest BCUT2D eigenvalue weighted by Gasteiger charge is 2.38. The van der Waals surface area contributed by atoms with E-state index in [0.717, 1.165) is 30.1 Å². The fraction of sp³-hybridized carbons (Fsp3) is 1.00. The molecule has 2 aliphatic heterocycles. The van der Waals surface area contributed by atoms with Crippen molar-refractivity contribution in [3.8, 4) is 0 Å². The van der Waals surface area contributed by atoms with Gasteiger partial charge in [-0.2, -0.15) is 0 Å². The van der Waals surface area contributed by atoms with Gasteiger partial charge in [0.2, 0.25) is 0 Å². The van der Waals surface area contributed by atoms with Crippen LogP contribution in [0.15, 0.2) is 0 Å². The minimum absolute atomic E-state index is 0.731. The molecule has 0 aromatic rings. The topological polar surface area (TPSA) is 18.5 Å². The normalized spacial score (nSPS) is 34.2. The van der Waals surface area contributed by atoms with Crippen LogP contribution in [0.25, 0.3) is 0 Å². The Balaban J connectivity index is 1.47. The highest BCUT2D eigenvalue weighted by molar-refractivity contribution is 4.96. The number of hydrogen-bond acceptors (Lipinski definition) is 3. The van der Waals surface area contributed by atoms with E-state index in [-0.39, 0.29) is 0 Å². The lowest BCUT2D eigenvalue weighted by Gasteiger charge is -2.32. The molecule has 3 nitrogen and oxygen atoms in total. The number of likely N-dealkylation sites (tertiary alicyclic amines) is 2. The molecular formula is C17H33N3. The quantitative estimate of drug-likeness (QED) is 0.805. The summed E-state index contributed by atoms with van der Waals surface area (Å²) in [6.45, 7) is 12.3. The van der Waals surface area contributed by atoms with Crippen LogP contribution in [0, 0.1) is 5.92 Å². The summed E-state index contributed by atoms with van der Waals surface area (Å²) >= 11 is 0. The van der Waals surface area contributed by atoms with E-state index >= 15 is 0 Å². The van der Waals surface area contributed by atoms with E-state index in [0.29, 0.717) is 0 Å². The second-order valence-corrected chi connectivity index (χ2v) is 7.67. The molecule has 0 amide bonds. The van der Waals surface area contributed by atoms with E-state index in [9.17, 15) is 0 Å². The fourth-order valence-electron chi connectivity index (χ4n) is 4.27. The molecule has 2 heterocycles. The maximum Gasteiger partial charge on any atom is 0.0243 e. The lowest BCUT2D eigenvalue weighted by molar-refractivity contribution is 0.181. The smallest absolute Gasteiger partial charge is 0.0243 e. The van der Waals surface area contributed by atoms with Crippen molar-refractivity contribution >= 4 is 0 Å². The molecule has 0 aromatic heterocycles. The van der Waals surface area contributed by atoms with Gasteiger partial charge < -0.3 is 5.32 Å². The Hall–Kier alpha value is -0.120. The Morgan fingerprint density at radius 1 is 1.15 bits per heavy atom. The fourth-order valence-corrected chi connectivity index (χ4v) is 4.27. The first-order valence-electron chi connectivity index (χ1n) is 8.88. The molecule has 3 unspecified atom stereocenters. The van der Waals surface area contributed by atoms with Gasteiger partial charge in [-0.05, 0) is 58.0 Å². The van der Waals surface area contributed by atoms with Crippen LogP contribution < -0.4 is 5.32 Å². The van der Waals surface area contributed by atoms with Gasteiger partial charge in [0.1, 0.15) is 0 Å². The number of nitrogens with zero attached hydrogens (tertiary/aromatic N) is 2. The molecule has 116 valence electrons. The van der Waals surface area contributed by atoms with Crippen LogP contribution in [-0.2, 0) is 0 Å². The van der Waals surface area contributed by atoms with Crippen molar-refractivity contribution in [3.63, 3.8) is 0 Å². The summed E-state index contributed by atoms with van der Waals surface area (Å²) in [5.74, 6) is 0.763. The second-order valence-electron chi connectivity index (χ2n) is 7.67. The summed E-state index contributed by atoms with van der Waals surface area (Å²) in [4.78, 5) is 5.46. The molecule has 0 spiro atoms. The Morgan fingerprint density at radius 2 is 1.85 bits per heavy atom. The van der Waals surface area contributed by atoms with Gasteiger partial charge in [0.05, 0.1) is 0 Å². The van der Waals surface area contributed by atoms with Crippen LogP contribution >= 0.6 is 0 Å². The van der Waals surface area contributed by atoms with E-state index in [2.05, 4.69) is 35.9 Å². The predicted octanol–water partition coefficient (Wildman–Crippen LogP) is 2.32. The third-order valence-corrected chi connectivity index (χ3v) is 5.63. The van der Waals surface area contributed by atoms with Gasteiger partial charge in [-0.1, -0.05) is 13.8 Å². The van der Waals surface area contributed by atoms with E-state index in [4.69, 9.17) is 0 Å². The standard InChI is InChI=1S/C17H33N3/c1-13(2)17(19-8-4-5-9-19)11-18-15-10-14(3)20(12-15)16-6-7-16/h13-18H,4-12H2,1-3H3. The molecule has 2 saturated heterocycles. The maximum atomic E-state index is 3.90. The molecule has 3 rings (SSSR count). The van der Waals surface area contributed by atoms with Gasteiger partial charge >= 0.3 is 0 Å². The zero-order valence-corrected chi connectivity index (χ0v) is 13.6. The summed E-state index contributed by atoms with van der Waals surface area (Å²) < 4.78 is 0. The first-order chi connectivity index (χ1) is 9.65. The Kier molecular flexibility index (Phi) is 4.68. The van der Waals surface area contributed by atoms with Gasteiger partial charge in [-0.3, -0.25) is 9.80 Å². The molecular weight excluding hydrogens is 246 g/mol. The van der Waals surface area contributed by atoms with Gasteiger partial charge in [-0.25, -0.2) is 0 Å². The number of nitrogens with one attached hydrogen (secondary N) is 1. The minimum Gasteiger partial charge on any atom is -0.311 e. The van der Waals surface area contributed by atoms with E-state index < -0.39 is 0 Å². The van der Waals surface area contributed by atoms with Crippen LogP contribution in [0.1, 0.15) is 52.9 Å². The molecule has 0 aromatic carbocycles. The highest BCUT2D eigenvalue weighted by atomic mass is 15.3. The summed E-state index contributed by atoms with van der Waals surface area (Å²) in [6, 6.07) is 3.19. The zero-order chi connectivity index (χ0) is 14.1. The lowest BCUT2D eigenvalue weighted by Crippen LogP contribution is -2.47. The molecule has 3 fully saturated rings. The van der Waals surface area contributed by atoms with Crippen LogP contribution in [0.4, 0.5) is 0 Å². The van der Waals surface area contributed by atoms with Gasteiger partial charge in [0.15, 0.2) is 0 Å². The highest BCUT2D eigenvalue weighted by Crippen LogP contribution is 2.33. The largest absolute Gasteiger partial charge is 0.311 e. The number of hydrogen-bond donors (Lipinski definition) is 1. The van der Waals surface area contributed by atoms with Crippen molar-refractivity contribution in [1.29, 1.82) is 0 Å². The number of rotatable bonds is 6.